The Labute approximate surface area is 186 Å². The predicted molar refractivity (Wildman–Crippen MR) is 121 cm³/mol. The Morgan fingerprint density at radius 1 is 1.07 bits per heavy atom. The number of amides is 1. The molecule has 2 aliphatic heterocycles. The zero-order chi connectivity index (χ0) is 21.2. The number of halogens is 2. The molecule has 0 radical (unpaired) electrons. The maximum atomic E-state index is 12.7. The largest absolute Gasteiger partial charge is 0.444 e. The molecule has 1 aromatic heterocycles. The van der Waals surface area contributed by atoms with Crippen molar-refractivity contribution in [3.63, 3.8) is 0 Å². The van der Waals surface area contributed by atoms with E-state index >= 15 is 0 Å². The molecule has 0 saturated carbocycles. The van der Waals surface area contributed by atoms with Crippen molar-refractivity contribution in [1.29, 1.82) is 0 Å². The number of hydrogen-bond donors (Lipinski definition) is 0. The molecule has 2 aromatic carbocycles. The number of carbonyl (C=O) groups excluding carboxylic acids is 1. The normalized spacial score (nSPS) is 15.6. The number of aryl methyl sites for hydroxylation is 2. The Morgan fingerprint density at radius 3 is 2.60 bits per heavy atom. The van der Waals surface area contributed by atoms with Crippen molar-refractivity contribution in [2.45, 2.75) is 52.3 Å². The Kier molecular flexibility index (Phi) is 4.57. The first-order valence-corrected chi connectivity index (χ1v) is 11.1. The van der Waals surface area contributed by atoms with Gasteiger partial charge in [0.05, 0.1) is 12.1 Å². The Morgan fingerprint density at radius 2 is 1.87 bits per heavy atom. The molecule has 0 spiro atoms. The summed E-state index contributed by atoms with van der Waals surface area (Å²) >= 11 is 12.6. The number of hydrogen-bond acceptors (Lipinski definition) is 2. The van der Waals surface area contributed by atoms with Gasteiger partial charge in [-0.15, -0.1) is 0 Å². The van der Waals surface area contributed by atoms with Crippen LogP contribution in [0.3, 0.4) is 0 Å². The van der Waals surface area contributed by atoms with Crippen LogP contribution in [-0.4, -0.2) is 27.7 Å². The van der Waals surface area contributed by atoms with Crippen molar-refractivity contribution in [3.8, 4) is 11.1 Å². The van der Waals surface area contributed by atoms with E-state index in [1.54, 1.807) is 6.07 Å². The van der Waals surface area contributed by atoms with Gasteiger partial charge in [-0.05, 0) is 62.6 Å². The maximum Gasteiger partial charge on any atom is 0.410 e. The molecule has 0 saturated heterocycles. The van der Waals surface area contributed by atoms with E-state index in [1.165, 1.54) is 27.7 Å². The first kappa shape index (κ1) is 19.8. The van der Waals surface area contributed by atoms with Crippen LogP contribution in [-0.2, 0) is 30.7 Å². The van der Waals surface area contributed by atoms with Gasteiger partial charge in [-0.2, -0.15) is 0 Å². The number of carbonyl (C=O) groups is 1. The fourth-order valence-electron chi connectivity index (χ4n) is 4.70. The minimum absolute atomic E-state index is 0.247. The molecule has 0 unspecified atom stereocenters. The van der Waals surface area contributed by atoms with E-state index in [0.717, 1.165) is 30.5 Å². The van der Waals surface area contributed by atoms with Crippen LogP contribution >= 0.6 is 23.2 Å². The summed E-state index contributed by atoms with van der Waals surface area (Å²) in [5.41, 5.74) is 6.80. The van der Waals surface area contributed by atoms with E-state index in [9.17, 15) is 4.79 Å². The van der Waals surface area contributed by atoms with Gasteiger partial charge in [0.15, 0.2) is 0 Å². The minimum Gasteiger partial charge on any atom is -0.444 e. The third kappa shape index (κ3) is 3.27. The van der Waals surface area contributed by atoms with Crippen LogP contribution in [0.4, 0.5) is 4.79 Å². The van der Waals surface area contributed by atoms with Crippen LogP contribution in [0.5, 0.6) is 0 Å². The lowest BCUT2D eigenvalue weighted by Gasteiger charge is -2.30. The van der Waals surface area contributed by atoms with Crippen LogP contribution in [0, 0.1) is 0 Å². The van der Waals surface area contributed by atoms with E-state index in [-0.39, 0.29) is 6.09 Å². The van der Waals surface area contributed by atoms with Crippen LogP contribution in [0.25, 0.3) is 22.0 Å². The van der Waals surface area contributed by atoms with Gasteiger partial charge in [0.2, 0.25) is 0 Å². The van der Waals surface area contributed by atoms with E-state index in [0.29, 0.717) is 23.1 Å². The molecule has 5 rings (SSSR count). The molecule has 4 nitrogen and oxygen atoms in total. The van der Waals surface area contributed by atoms with Gasteiger partial charge in [-0.3, -0.25) is 0 Å². The zero-order valence-corrected chi connectivity index (χ0v) is 18.9. The molecule has 0 fully saturated rings. The summed E-state index contributed by atoms with van der Waals surface area (Å²) in [6.07, 6.45) is 1.62. The lowest BCUT2D eigenvalue weighted by atomic mass is 9.96. The Bertz CT molecular complexity index is 1190. The minimum atomic E-state index is -0.498. The molecule has 3 aromatic rings. The zero-order valence-electron chi connectivity index (χ0n) is 17.4. The van der Waals surface area contributed by atoms with Crippen molar-refractivity contribution in [1.82, 2.24) is 9.47 Å². The molecule has 2 aliphatic rings. The lowest BCUT2D eigenvalue weighted by Crippen LogP contribution is -2.40. The summed E-state index contributed by atoms with van der Waals surface area (Å²) in [5.74, 6) is 0. The number of nitrogens with zero attached hydrogens (tertiary/aromatic N) is 2. The average molecular weight is 443 g/mol. The topological polar surface area (TPSA) is 34.5 Å². The van der Waals surface area contributed by atoms with Crippen molar-refractivity contribution >= 4 is 40.2 Å². The summed E-state index contributed by atoms with van der Waals surface area (Å²) in [6, 6.07) is 10.1. The molecular formula is C24H24Cl2N2O2. The number of aromatic nitrogens is 1. The average Bonchev–Trinajstić information content (AvgIpc) is 3.22. The van der Waals surface area contributed by atoms with Gasteiger partial charge in [0, 0.05) is 51.8 Å². The van der Waals surface area contributed by atoms with Crippen molar-refractivity contribution in [2.24, 2.45) is 0 Å². The van der Waals surface area contributed by atoms with Gasteiger partial charge in [-0.25, -0.2) is 4.79 Å². The van der Waals surface area contributed by atoms with Gasteiger partial charge in [-0.1, -0.05) is 29.3 Å². The first-order valence-electron chi connectivity index (χ1n) is 10.3. The summed E-state index contributed by atoms with van der Waals surface area (Å²) in [7, 11) is 0. The monoisotopic (exact) mass is 442 g/mol. The summed E-state index contributed by atoms with van der Waals surface area (Å²) < 4.78 is 8.06. The second-order valence-electron chi connectivity index (χ2n) is 9.13. The molecule has 1 amide bonds. The van der Waals surface area contributed by atoms with Crippen LogP contribution in [0.2, 0.25) is 10.0 Å². The smallest absolute Gasteiger partial charge is 0.410 e. The number of ether oxygens (including phenoxy) is 1. The highest BCUT2D eigenvalue weighted by molar-refractivity contribution is 6.36. The summed E-state index contributed by atoms with van der Waals surface area (Å²) in [6.45, 7) is 7.95. The molecule has 0 atom stereocenters. The van der Waals surface area contributed by atoms with Crippen molar-refractivity contribution in [2.75, 3.05) is 6.54 Å². The fourth-order valence-corrected chi connectivity index (χ4v) is 5.22. The fraction of sp³-hybridized carbons (Fsp3) is 0.375. The third-order valence-corrected chi connectivity index (χ3v) is 6.47. The maximum absolute atomic E-state index is 12.7. The van der Waals surface area contributed by atoms with E-state index < -0.39 is 5.60 Å². The second kappa shape index (κ2) is 6.93. The van der Waals surface area contributed by atoms with Crippen LogP contribution < -0.4 is 0 Å². The van der Waals surface area contributed by atoms with Gasteiger partial charge in [0.1, 0.15) is 5.60 Å². The summed E-state index contributed by atoms with van der Waals surface area (Å²) in [5, 5.41) is 2.50. The Hall–Kier alpha value is -2.17. The lowest BCUT2D eigenvalue weighted by molar-refractivity contribution is 0.0223. The molecule has 156 valence electrons. The number of benzene rings is 2. The molecular weight excluding hydrogens is 419 g/mol. The molecule has 0 aliphatic carbocycles. The van der Waals surface area contributed by atoms with Crippen LogP contribution in [0.15, 0.2) is 30.3 Å². The molecule has 30 heavy (non-hydrogen) atoms. The quantitative estimate of drug-likeness (QED) is 0.432. The van der Waals surface area contributed by atoms with Gasteiger partial charge >= 0.3 is 6.09 Å². The van der Waals surface area contributed by atoms with E-state index in [2.05, 4.69) is 16.7 Å². The molecule has 0 bridgehead atoms. The first-order chi connectivity index (χ1) is 14.2. The van der Waals surface area contributed by atoms with Crippen molar-refractivity contribution < 1.29 is 9.53 Å². The highest BCUT2D eigenvalue weighted by Gasteiger charge is 2.32. The second-order valence-corrected chi connectivity index (χ2v) is 9.98. The summed E-state index contributed by atoms with van der Waals surface area (Å²) in [4.78, 5) is 14.5. The standard InChI is InChI=1S/C24H24Cl2N2O2/c1-24(2,3)30-23(29)27-8-7-21-19(13-27)18-11-15(10-14-6-9-28(21)22(14)18)17-5-4-16(25)12-20(17)26/h4-5,10-12H,6-9,13H2,1-3H3. The number of rotatable bonds is 1. The molecule has 6 heteroatoms. The third-order valence-electron chi connectivity index (χ3n) is 5.92. The van der Waals surface area contributed by atoms with Crippen LogP contribution in [0.1, 0.15) is 37.6 Å². The predicted octanol–water partition coefficient (Wildman–Crippen LogP) is 6.46. The van der Waals surface area contributed by atoms with E-state index in [1.807, 2.05) is 37.8 Å². The van der Waals surface area contributed by atoms with E-state index in [4.69, 9.17) is 27.9 Å². The highest BCUT2D eigenvalue weighted by Crippen LogP contribution is 2.41. The SMILES string of the molecule is CC(C)(C)OC(=O)N1CCc2c(c3cc(-c4ccc(Cl)cc4Cl)cc4c3n2CC4)C1. The van der Waals surface area contributed by atoms with Crippen molar-refractivity contribution in [3.05, 3.63) is 57.2 Å². The molecule has 3 heterocycles. The van der Waals surface area contributed by atoms with Gasteiger partial charge in [0.25, 0.3) is 0 Å². The molecule has 0 N–H and O–H groups in total. The highest BCUT2D eigenvalue weighted by atomic mass is 35.5. The Balaban J connectivity index is 1.60. The number of fused-ring (bicyclic) bond motifs is 3. The van der Waals surface area contributed by atoms with Gasteiger partial charge < -0.3 is 14.2 Å².